The van der Waals surface area contributed by atoms with Crippen LogP contribution in [0.1, 0.15) is 12.6 Å². The maximum atomic E-state index is 13.0. The van der Waals surface area contributed by atoms with E-state index in [9.17, 15) is 18.7 Å². The molecule has 1 heterocycles. The van der Waals surface area contributed by atoms with Gasteiger partial charge < -0.3 is 5.11 Å². The summed E-state index contributed by atoms with van der Waals surface area (Å²) >= 11 is 0. The summed E-state index contributed by atoms with van der Waals surface area (Å²) in [5.74, 6) is -3.39. The third-order valence-corrected chi connectivity index (χ3v) is 2.61. The Kier molecular flexibility index (Phi) is 3.29. The number of hydrogen-bond acceptors (Lipinski definition) is 3. The Morgan fingerprint density at radius 3 is 2.47 bits per heavy atom. The van der Waals surface area contributed by atoms with Gasteiger partial charge >= 0.3 is 0 Å². The fourth-order valence-corrected chi connectivity index (χ4v) is 1.59. The summed E-state index contributed by atoms with van der Waals surface area (Å²) in [6.07, 6.45) is 1.28. The van der Waals surface area contributed by atoms with Crippen LogP contribution in [-0.2, 0) is 5.92 Å². The highest BCUT2D eigenvalue weighted by molar-refractivity contribution is 5.63. The van der Waals surface area contributed by atoms with E-state index < -0.39 is 17.1 Å². The monoisotopic (exact) mass is 263 g/mol. The smallest absolute Gasteiger partial charge is 0.286 e. The fourth-order valence-electron chi connectivity index (χ4n) is 1.59. The first-order chi connectivity index (χ1) is 8.88. The van der Waals surface area contributed by atoms with Gasteiger partial charge in [0.25, 0.3) is 5.92 Å². The van der Waals surface area contributed by atoms with Gasteiger partial charge in [0.1, 0.15) is 5.69 Å². The zero-order chi connectivity index (χ0) is 14.0. The van der Waals surface area contributed by atoms with Crippen LogP contribution in [0.4, 0.5) is 8.78 Å². The molecule has 0 spiro atoms. The van der Waals surface area contributed by atoms with Gasteiger partial charge in [0.05, 0.1) is 0 Å². The summed E-state index contributed by atoms with van der Waals surface area (Å²) in [6, 6.07) is 8.28. The summed E-state index contributed by atoms with van der Waals surface area (Å²) in [4.78, 5) is 14.9. The predicted molar refractivity (Wildman–Crippen MR) is 67.2 cm³/mol. The zero-order valence-corrected chi connectivity index (χ0v) is 10.1. The van der Waals surface area contributed by atoms with Crippen LogP contribution in [-0.4, -0.2) is 10.1 Å². The number of nitrogens with zero attached hydrogens (tertiary/aromatic N) is 1. The van der Waals surface area contributed by atoms with Crippen molar-refractivity contribution >= 4 is 0 Å². The fraction of sp³-hybridized carbons (Fsp3) is 0.143. The average molecular weight is 263 g/mol. The van der Waals surface area contributed by atoms with Crippen LogP contribution in [0.5, 0.6) is 5.75 Å². The van der Waals surface area contributed by atoms with Gasteiger partial charge in [-0.3, -0.25) is 9.78 Å². The van der Waals surface area contributed by atoms with Crippen LogP contribution in [0.2, 0.25) is 0 Å². The van der Waals surface area contributed by atoms with E-state index >= 15 is 0 Å². The molecular formula is C14H11F2NO2. The molecule has 0 radical (unpaired) electrons. The van der Waals surface area contributed by atoms with Gasteiger partial charge in [-0.2, -0.15) is 8.78 Å². The second-order valence-electron chi connectivity index (χ2n) is 4.20. The van der Waals surface area contributed by atoms with Gasteiger partial charge in [-0.1, -0.05) is 18.2 Å². The van der Waals surface area contributed by atoms with Crippen molar-refractivity contribution in [1.82, 2.24) is 4.98 Å². The number of aromatic nitrogens is 1. The molecule has 0 bridgehead atoms. The van der Waals surface area contributed by atoms with Gasteiger partial charge in [0.2, 0.25) is 5.43 Å². The van der Waals surface area contributed by atoms with Crippen molar-refractivity contribution < 1.29 is 13.9 Å². The molecule has 19 heavy (non-hydrogen) atoms. The zero-order valence-electron chi connectivity index (χ0n) is 10.1. The van der Waals surface area contributed by atoms with E-state index in [1.807, 2.05) is 0 Å². The van der Waals surface area contributed by atoms with Gasteiger partial charge in [-0.05, 0) is 23.8 Å². The number of halogens is 2. The Labute approximate surface area is 108 Å². The standard InChI is InChI=1S/C14H11F2NO2/c1-14(15,16)13-6-5-10(8-17-13)9-3-2-4-11(18)12(19)7-9/h2-8H,1H3,(H,18,19). The highest BCUT2D eigenvalue weighted by Gasteiger charge is 2.25. The predicted octanol–water partition coefficient (Wildman–Crippen LogP) is 2.93. The second kappa shape index (κ2) is 4.76. The molecule has 5 heteroatoms. The van der Waals surface area contributed by atoms with Crippen LogP contribution in [0.25, 0.3) is 11.1 Å². The summed E-state index contributed by atoms with van der Waals surface area (Å²) in [6.45, 7) is 0.771. The third-order valence-electron chi connectivity index (χ3n) is 2.61. The topological polar surface area (TPSA) is 50.2 Å². The number of hydrogen-bond donors (Lipinski definition) is 1. The van der Waals surface area contributed by atoms with E-state index in [1.54, 1.807) is 6.07 Å². The Bertz CT molecular complexity index is 649. The quantitative estimate of drug-likeness (QED) is 0.906. The summed E-state index contributed by atoms with van der Waals surface area (Å²) in [5.41, 5.74) is 0.234. The second-order valence-corrected chi connectivity index (χ2v) is 4.20. The third kappa shape index (κ3) is 2.93. The Morgan fingerprint density at radius 2 is 1.89 bits per heavy atom. The van der Waals surface area contributed by atoms with Crippen molar-refractivity contribution in [2.75, 3.05) is 0 Å². The molecule has 1 aromatic carbocycles. The molecule has 1 aromatic heterocycles. The molecule has 0 atom stereocenters. The molecule has 2 rings (SSSR count). The number of pyridine rings is 1. The Morgan fingerprint density at radius 1 is 1.16 bits per heavy atom. The Balaban J connectivity index is 2.47. The van der Waals surface area contributed by atoms with Gasteiger partial charge in [0, 0.05) is 18.7 Å². The van der Waals surface area contributed by atoms with Crippen molar-refractivity contribution in [3.05, 3.63) is 58.5 Å². The van der Waals surface area contributed by atoms with E-state index in [1.165, 1.54) is 36.5 Å². The maximum absolute atomic E-state index is 13.0. The lowest BCUT2D eigenvalue weighted by Crippen LogP contribution is -2.09. The molecule has 1 N–H and O–H groups in total. The van der Waals surface area contributed by atoms with Crippen molar-refractivity contribution in [2.45, 2.75) is 12.8 Å². The van der Waals surface area contributed by atoms with Crippen LogP contribution >= 0.6 is 0 Å². The lowest BCUT2D eigenvalue weighted by Gasteiger charge is -2.09. The van der Waals surface area contributed by atoms with Crippen molar-refractivity contribution in [1.29, 1.82) is 0 Å². The minimum absolute atomic E-state index is 0.328. The van der Waals surface area contributed by atoms with E-state index in [0.29, 0.717) is 11.1 Å². The normalized spacial score (nSPS) is 11.3. The molecule has 0 aliphatic carbocycles. The first kappa shape index (κ1) is 13.1. The molecule has 0 unspecified atom stereocenters. The largest absolute Gasteiger partial charge is 0.504 e. The van der Waals surface area contributed by atoms with Crippen molar-refractivity contribution in [2.24, 2.45) is 0 Å². The molecule has 0 aliphatic heterocycles. The van der Waals surface area contributed by atoms with E-state index in [-0.39, 0.29) is 5.69 Å². The SMILES string of the molecule is CC(F)(F)c1ccc(-c2cccc(=O)c(O)c2)cn1. The molecule has 0 saturated carbocycles. The first-order valence-electron chi connectivity index (χ1n) is 5.56. The minimum atomic E-state index is -3.00. The van der Waals surface area contributed by atoms with Crippen molar-refractivity contribution in [3.8, 4) is 16.9 Å². The lowest BCUT2D eigenvalue weighted by atomic mass is 10.1. The first-order valence-corrected chi connectivity index (χ1v) is 5.56. The van der Waals surface area contributed by atoms with Crippen LogP contribution in [0.3, 0.4) is 0 Å². The van der Waals surface area contributed by atoms with E-state index in [2.05, 4.69) is 4.98 Å². The van der Waals surface area contributed by atoms with Gasteiger partial charge in [-0.25, -0.2) is 0 Å². The van der Waals surface area contributed by atoms with Gasteiger partial charge in [0.15, 0.2) is 5.75 Å². The average Bonchev–Trinajstić information content (AvgIpc) is 2.51. The molecule has 2 aromatic rings. The molecule has 0 amide bonds. The summed E-state index contributed by atoms with van der Waals surface area (Å²) in [5, 5.41) is 9.45. The van der Waals surface area contributed by atoms with E-state index in [0.717, 1.165) is 6.92 Å². The summed E-state index contributed by atoms with van der Waals surface area (Å²) in [7, 11) is 0. The number of rotatable bonds is 2. The highest BCUT2D eigenvalue weighted by atomic mass is 19.3. The highest BCUT2D eigenvalue weighted by Crippen LogP contribution is 2.27. The molecule has 0 saturated heterocycles. The lowest BCUT2D eigenvalue weighted by molar-refractivity contribution is 0.0128. The molecule has 0 fully saturated rings. The molecule has 0 aliphatic rings. The number of alkyl halides is 2. The maximum Gasteiger partial charge on any atom is 0.286 e. The number of aromatic hydroxyl groups is 1. The summed E-state index contributed by atoms with van der Waals surface area (Å²) < 4.78 is 26.0. The van der Waals surface area contributed by atoms with Crippen molar-refractivity contribution in [3.63, 3.8) is 0 Å². The molecular weight excluding hydrogens is 252 g/mol. The van der Waals surface area contributed by atoms with E-state index in [4.69, 9.17) is 0 Å². The van der Waals surface area contributed by atoms with Gasteiger partial charge in [-0.15, -0.1) is 0 Å². The van der Waals surface area contributed by atoms with Crippen LogP contribution < -0.4 is 5.43 Å². The molecule has 98 valence electrons. The van der Waals surface area contributed by atoms with Crippen LogP contribution in [0, 0.1) is 0 Å². The van der Waals surface area contributed by atoms with Crippen LogP contribution in [0.15, 0.2) is 47.4 Å². The Hall–Kier alpha value is -2.30. The minimum Gasteiger partial charge on any atom is -0.504 e. The molecule has 3 nitrogen and oxygen atoms in total.